The fourth-order valence-corrected chi connectivity index (χ4v) is 3.24. The van der Waals surface area contributed by atoms with Gasteiger partial charge in [-0.2, -0.15) is 0 Å². The lowest BCUT2D eigenvalue weighted by molar-refractivity contribution is -0.139. The highest BCUT2D eigenvalue weighted by molar-refractivity contribution is 5.85. The lowest BCUT2D eigenvalue weighted by Crippen LogP contribution is -2.47. The van der Waals surface area contributed by atoms with Crippen molar-refractivity contribution in [3.63, 3.8) is 0 Å². The monoisotopic (exact) mass is 385 g/mol. The van der Waals surface area contributed by atoms with Gasteiger partial charge >= 0.3 is 0 Å². The van der Waals surface area contributed by atoms with E-state index >= 15 is 0 Å². The van der Waals surface area contributed by atoms with Gasteiger partial charge in [0.1, 0.15) is 5.82 Å². The maximum absolute atomic E-state index is 13.7. The molecule has 26 heavy (non-hydrogen) atoms. The average molecular weight is 386 g/mol. The summed E-state index contributed by atoms with van der Waals surface area (Å²) in [6.07, 6.45) is 2.75. The predicted octanol–water partition coefficient (Wildman–Crippen LogP) is 2.13. The van der Waals surface area contributed by atoms with Crippen LogP contribution in [0.4, 0.5) is 4.39 Å². The third kappa shape index (κ3) is 6.25. The SMILES string of the molecule is CC(CCc1ccccc1F)C(=O)N1CCCC(C(=O)NCCN)C1.Cl. The minimum atomic E-state index is -0.225. The standard InChI is InChI=1S/C19H28FN3O2.ClH/c1-14(8-9-15-5-2-3-7-17(15)20)19(25)23-12-4-6-16(13-23)18(24)22-11-10-21;/h2-3,5,7,14,16H,4,6,8-13,21H2,1H3,(H,22,24);1H. The quantitative estimate of drug-likeness (QED) is 0.755. The molecule has 1 aliphatic heterocycles. The van der Waals surface area contributed by atoms with E-state index in [1.807, 2.05) is 6.92 Å². The Bertz CT molecular complexity index is 600. The van der Waals surface area contributed by atoms with Crippen molar-refractivity contribution < 1.29 is 14.0 Å². The van der Waals surface area contributed by atoms with Gasteiger partial charge in [0.05, 0.1) is 5.92 Å². The number of hydrogen-bond acceptors (Lipinski definition) is 3. The molecule has 0 bridgehead atoms. The molecule has 0 aliphatic carbocycles. The third-order valence-electron chi connectivity index (χ3n) is 4.77. The maximum Gasteiger partial charge on any atom is 0.225 e. The summed E-state index contributed by atoms with van der Waals surface area (Å²) in [7, 11) is 0. The number of nitrogens with two attached hydrogens (primary N) is 1. The molecular formula is C19H29ClFN3O2. The van der Waals surface area contributed by atoms with Gasteiger partial charge in [0.2, 0.25) is 11.8 Å². The van der Waals surface area contributed by atoms with E-state index in [-0.39, 0.29) is 41.9 Å². The first-order valence-corrected chi connectivity index (χ1v) is 9.03. The molecule has 7 heteroatoms. The van der Waals surface area contributed by atoms with Gasteiger partial charge in [0.25, 0.3) is 0 Å². The Morgan fingerprint density at radius 1 is 1.38 bits per heavy atom. The third-order valence-corrected chi connectivity index (χ3v) is 4.77. The van der Waals surface area contributed by atoms with E-state index in [9.17, 15) is 14.0 Å². The number of carbonyl (C=O) groups is 2. The summed E-state index contributed by atoms with van der Waals surface area (Å²) in [5, 5.41) is 2.80. The average Bonchev–Trinajstić information content (AvgIpc) is 2.64. The molecule has 1 fully saturated rings. The number of amides is 2. The molecule has 0 aromatic heterocycles. The second-order valence-corrected chi connectivity index (χ2v) is 6.73. The largest absolute Gasteiger partial charge is 0.355 e. The van der Waals surface area contributed by atoms with E-state index in [4.69, 9.17) is 5.73 Å². The predicted molar refractivity (Wildman–Crippen MR) is 103 cm³/mol. The molecule has 1 aliphatic rings. The van der Waals surface area contributed by atoms with Crippen molar-refractivity contribution in [2.75, 3.05) is 26.2 Å². The number of halogens is 2. The van der Waals surface area contributed by atoms with Crippen LogP contribution in [-0.2, 0) is 16.0 Å². The minimum absolute atomic E-state index is 0. The molecule has 2 atom stereocenters. The van der Waals surface area contributed by atoms with Gasteiger partial charge in [-0.15, -0.1) is 12.4 Å². The highest BCUT2D eigenvalue weighted by atomic mass is 35.5. The van der Waals surface area contributed by atoms with Gasteiger partial charge in [-0.1, -0.05) is 25.1 Å². The van der Waals surface area contributed by atoms with Gasteiger partial charge in [0.15, 0.2) is 0 Å². The Balaban J connectivity index is 0.00000338. The molecule has 1 aromatic carbocycles. The molecule has 2 rings (SSSR count). The summed E-state index contributed by atoms with van der Waals surface area (Å²) in [6, 6.07) is 6.67. The smallest absolute Gasteiger partial charge is 0.225 e. The lowest BCUT2D eigenvalue weighted by atomic mass is 9.94. The van der Waals surface area contributed by atoms with E-state index in [2.05, 4.69) is 5.32 Å². The van der Waals surface area contributed by atoms with Crippen LogP contribution in [-0.4, -0.2) is 42.9 Å². The Labute approximate surface area is 160 Å². The summed E-state index contributed by atoms with van der Waals surface area (Å²) in [5.74, 6) is -0.556. The Hall–Kier alpha value is -1.66. The van der Waals surface area contributed by atoms with Crippen molar-refractivity contribution in [2.24, 2.45) is 17.6 Å². The normalized spacial score (nSPS) is 18.0. The summed E-state index contributed by atoms with van der Waals surface area (Å²) in [4.78, 5) is 26.5. The van der Waals surface area contributed by atoms with Crippen LogP contribution < -0.4 is 11.1 Å². The van der Waals surface area contributed by atoms with Crippen molar-refractivity contribution in [3.05, 3.63) is 35.6 Å². The summed E-state index contributed by atoms with van der Waals surface area (Å²) < 4.78 is 13.7. The van der Waals surface area contributed by atoms with Crippen LogP contribution in [0.2, 0.25) is 0 Å². The molecule has 0 saturated carbocycles. The summed E-state index contributed by atoms with van der Waals surface area (Å²) in [5.41, 5.74) is 6.05. The molecule has 1 aromatic rings. The molecule has 146 valence electrons. The van der Waals surface area contributed by atoms with Gasteiger partial charge in [-0.05, 0) is 37.3 Å². The van der Waals surface area contributed by atoms with E-state index in [0.717, 1.165) is 12.8 Å². The topological polar surface area (TPSA) is 75.4 Å². The van der Waals surface area contributed by atoms with Crippen LogP contribution in [0.15, 0.2) is 24.3 Å². The molecular weight excluding hydrogens is 357 g/mol. The summed E-state index contributed by atoms with van der Waals surface area (Å²) in [6.45, 7) is 3.89. The first kappa shape index (κ1) is 22.4. The lowest BCUT2D eigenvalue weighted by Gasteiger charge is -2.33. The highest BCUT2D eigenvalue weighted by Crippen LogP contribution is 2.21. The molecule has 1 saturated heterocycles. The molecule has 1 heterocycles. The van der Waals surface area contributed by atoms with Crippen LogP contribution in [0, 0.1) is 17.7 Å². The Morgan fingerprint density at radius 3 is 2.81 bits per heavy atom. The highest BCUT2D eigenvalue weighted by Gasteiger charge is 2.30. The van der Waals surface area contributed by atoms with Gasteiger partial charge in [-0.3, -0.25) is 9.59 Å². The van der Waals surface area contributed by atoms with Crippen LogP contribution >= 0.6 is 12.4 Å². The van der Waals surface area contributed by atoms with E-state index in [1.165, 1.54) is 6.07 Å². The maximum atomic E-state index is 13.7. The van der Waals surface area contributed by atoms with Crippen LogP contribution in [0.3, 0.4) is 0 Å². The van der Waals surface area contributed by atoms with Crippen molar-refractivity contribution in [1.29, 1.82) is 0 Å². The fourth-order valence-electron chi connectivity index (χ4n) is 3.24. The van der Waals surface area contributed by atoms with E-state index in [0.29, 0.717) is 44.6 Å². The molecule has 2 amide bonds. The molecule has 3 N–H and O–H groups in total. The second-order valence-electron chi connectivity index (χ2n) is 6.73. The number of nitrogens with zero attached hydrogens (tertiary/aromatic N) is 1. The number of aryl methyl sites for hydroxylation is 1. The number of rotatable bonds is 7. The number of piperidine rings is 1. The van der Waals surface area contributed by atoms with Gasteiger partial charge < -0.3 is 16.0 Å². The molecule has 2 unspecified atom stereocenters. The zero-order valence-electron chi connectivity index (χ0n) is 15.2. The molecule has 0 spiro atoms. The van der Waals surface area contributed by atoms with E-state index < -0.39 is 0 Å². The first-order chi connectivity index (χ1) is 12.0. The van der Waals surface area contributed by atoms with Gasteiger partial charge in [-0.25, -0.2) is 4.39 Å². The van der Waals surface area contributed by atoms with Crippen LogP contribution in [0.25, 0.3) is 0 Å². The molecule has 5 nitrogen and oxygen atoms in total. The summed E-state index contributed by atoms with van der Waals surface area (Å²) >= 11 is 0. The zero-order valence-corrected chi connectivity index (χ0v) is 16.1. The number of carbonyl (C=O) groups excluding carboxylic acids is 2. The number of benzene rings is 1. The van der Waals surface area contributed by atoms with Crippen molar-refractivity contribution in [2.45, 2.75) is 32.6 Å². The Morgan fingerprint density at radius 2 is 2.12 bits per heavy atom. The number of hydrogen-bond donors (Lipinski definition) is 2. The molecule has 0 radical (unpaired) electrons. The minimum Gasteiger partial charge on any atom is -0.355 e. The van der Waals surface area contributed by atoms with Crippen molar-refractivity contribution in [3.8, 4) is 0 Å². The van der Waals surface area contributed by atoms with E-state index in [1.54, 1.807) is 23.1 Å². The Kier molecular flexibility index (Phi) is 9.59. The zero-order chi connectivity index (χ0) is 18.2. The van der Waals surface area contributed by atoms with Crippen LogP contribution in [0.5, 0.6) is 0 Å². The fraction of sp³-hybridized carbons (Fsp3) is 0.579. The number of likely N-dealkylation sites (tertiary alicyclic amines) is 1. The van der Waals surface area contributed by atoms with Crippen LogP contribution in [0.1, 0.15) is 31.7 Å². The van der Waals surface area contributed by atoms with Crippen molar-refractivity contribution >= 4 is 24.2 Å². The van der Waals surface area contributed by atoms with Crippen molar-refractivity contribution in [1.82, 2.24) is 10.2 Å². The number of nitrogens with one attached hydrogen (secondary N) is 1. The first-order valence-electron chi connectivity index (χ1n) is 9.03. The second kappa shape index (κ2) is 11.1. The van der Waals surface area contributed by atoms with Gasteiger partial charge in [0, 0.05) is 32.1 Å².